The highest BCUT2D eigenvalue weighted by molar-refractivity contribution is 7.89. The first-order valence-corrected chi connectivity index (χ1v) is 11.1. The number of sulfonamides is 1. The predicted molar refractivity (Wildman–Crippen MR) is 112 cm³/mol. The van der Waals surface area contributed by atoms with Crippen LogP contribution in [0.4, 0.5) is 5.69 Å². The maximum Gasteiger partial charge on any atom is 0.243 e. The quantitative estimate of drug-likeness (QED) is 0.845. The number of hydrogen-bond donors (Lipinski definition) is 1. The summed E-state index contributed by atoms with van der Waals surface area (Å²) in [6.45, 7) is 8.26. The molecule has 0 saturated carbocycles. The fraction of sp³-hybridized carbons (Fsp3) is 0.409. The molecule has 150 valence electrons. The van der Waals surface area contributed by atoms with Crippen LogP contribution in [0.5, 0.6) is 0 Å². The van der Waals surface area contributed by atoms with E-state index in [-0.39, 0.29) is 18.4 Å². The van der Waals surface area contributed by atoms with E-state index in [2.05, 4.69) is 5.32 Å². The minimum atomic E-state index is -3.63. The molecule has 0 radical (unpaired) electrons. The minimum Gasteiger partial charge on any atom is -0.326 e. The van der Waals surface area contributed by atoms with Gasteiger partial charge in [-0.1, -0.05) is 29.8 Å². The summed E-state index contributed by atoms with van der Waals surface area (Å²) in [5.41, 5.74) is 4.36. The Morgan fingerprint density at radius 3 is 2.36 bits per heavy atom. The first-order chi connectivity index (χ1) is 13.2. The minimum absolute atomic E-state index is 0.122. The zero-order chi connectivity index (χ0) is 20.5. The first kappa shape index (κ1) is 20.6. The van der Waals surface area contributed by atoms with Gasteiger partial charge in [-0.3, -0.25) is 4.79 Å². The Morgan fingerprint density at radius 1 is 1.04 bits per heavy atom. The summed E-state index contributed by atoms with van der Waals surface area (Å²) in [5.74, 6) is -0.474. The van der Waals surface area contributed by atoms with Gasteiger partial charge in [0.05, 0.1) is 10.8 Å². The summed E-state index contributed by atoms with van der Waals surface area (Å²) in [5, 5.41) is 2.93. The second-order valence-corrected chi connectivity index (χ2v) is 9.66. The molecule has 1 heterocycles. The summed E-state index contributed by atoms with van der Waals surface area (Å²) >= 11 is 0. The maximum absolute atomic E-state index is 13.3. The van der Waals surface area contributed by atoms with Crippen molar-refractivity contribution in [2.45, 2.75) is 45.4 Å². The van der Waals surface area contributed by atoms with E-state index in [1.54, 1.807) is 0 Å². The number of nitrogens with one attached hydrogen (secondary N) is 1. The lowest BCUT2D eigenvalue weighted by molar-refractivity contribution is -0.120. The van der Waals surface area contributed by atoms with Gasteiger partial charge in [0.2, 0.25) is 15.9 Å². The smallest absolute Gasteiger partial charge is 0.243 e. The van der Waals surface area contributed by atoms with Gasteiger partial charge in [0.1, 0.15) is 0 Å². The van der Waals surface area contributed by atoms with Gasteiger partial charge in [0.15, 0.2) is 0 Å². The topological polar surface area (TPSA) is 66.5 Å². The molecule has 5 nitrogen and oxygen atoms in total. The molecule has 2 aromatic rings. The summed E-state index contributed by atoms with van der Waals surface area (Å²) in [4.78, 5) is 13.1. The average Bonchev–Trinajstić information content (AvgIpc) is 2.60. The van der Waals surface area contributed by atoms with E-state index in [1.165, 1.54) is 4.31 Å². The highest BCUT2D eigenvalue weighted by Gasteiger charge is 2.34. The summed E-state index contributed by atoms with van der Waals surface area (Å²) < 4.78 is 28.1. The highest BCUT2D eigenvalue weighted by Crippen LogP contribution is 2.29. The van der Waals surface area contributed by atoms with Crippen LogP contribution in [-0.2, 0) is 14.8 Å². The first-order valence-electron chi connectivity index (χ1n) is 9.64. The molecule has 0 spiro atoms. The van der Waals surface area contributed by atoms with E-state index in [1.807, 2.05) is 64.1 Å². The summed E-state index contributed by atoms with van der Waals surface area (Å²) in [7, 11) is -3.63. The van der Waals surface area contributed by atoms with E-state index in [0.29, 0.717) is 24.3 Å². The second-order valence-electron chi connectivity index (χ2n) is 7.79. The molecule has 3 rings (SSSR count). The van der Waals surface area contributed by atoms with Gasteiger partial charge in [-0.2, -0.15) is 4.31 Å². The fourth-order valence-corrected chi connectivity index (χ4v) is 5.98. The number of nitrogens with zero attached hydrogens (tertiary/aromatic N) is 1. The Hall–Kier alpha value is -2.18. The van der Waals surface area contributed by atoms with Gasteiger partial charge in [0, 0.05) is 18.8 Å². The number of carbonyl (C=O) groups is 1. The number of rotatable bonds is 4. The molecule has 1 atom stereocenters. The number of anilines is 1. The second kappa shape index (κ2) is 8.05. The van der Waals surface area contributed by atoms with Crippen molar-refractivity contribution in [2.24, 2.45) is 5.92 Å². The molecule has 1 aliphatic heterocycles. The van der Waals surface area contributed by atoms with Crippen LogP contribution in [0.1, 0.15) is 35.1 Å². The van der Waals surface area contributed by atoms with E-state index in [4.69, 9.17) is 0 Å². The standard InChI is InChI=1S/C22H28N2O3S/c1-15-7-5-9-20(13-15)23-22(25)19-8-6-10-24(14-19)28(26,27)21-17(3)11-16(2)12-18(21)4/h5,7,9,11-13,19H,6,8,10,14H2,1-4H3,(H,23,25)/t19-/m0/s1. The monoisotopic (exact) mass is 400 g/mol. The molecule has 1 aliphatic rings. The van der Waals surface area contributed by atoms with Crippen molar-refractivity contribution in [2.75, 3.05) is 18.4 Å². The van der Waals surface area contributed by atoms with Crippen LogP contribution in [0.3, 0.4) is 0 Å². The molecule has 0 bridgehead atoms. The molecular formula is C22H28N2O3S. The van der Waals surface area contributed by atoms with Crippen molar-refractivity contribution in [3.8, 4) is 0 Å². The summed E-state index contributed by atoms with van der Waals surface area (Å²) in [6.07, 6.45) is 1.37. The molecule has 1 N–H and O–H groups in total. The number of amides is 1. The normalized spacial score (nSPS) is 18.1. The molecule has 28 heavy (non-hydrogen) atoms. The van der Waals surface area contributed by atoms with Crippen molar-refractivity contribution in [1.82, 2.24) is 4.31 Å². The van der Waals surface area contributed by atoms with Gasteiger partial charge < -0.3 is 5.32 Å². The number of carbonyl (C=O) groups excluding carboxylic acids is 1. The molecule has 1 saturated heterocycles. The van der Waals surface area contributed by atoms with Gasteiger partial charge in [0.25, 0.3) is 0 Å². The van der Waals surface area contributed by atoms with Crippen LogP contribution in [-0.4, -0.2) is 31.7 Å². The lowest BCUT2D eigenvalue weighted by Gasteiger charge is -2.32. The van der Waals surface area contributed by atoms with Crippen molar-refractivity contribution >= 4 is 21.6 Å². The number of piperidine rings is 1. The Morgan fingerprint density at radius 2 is 1.71 bits per heavy atom. The SMILES string of the molecule is Cc1cccc(NC(=O)[C@H]2CCCN(S(=O)(=O)c3c(C)cc(C)cc3C)C2)c1. The van der Waals surface area contributed by atoms with Crippen LogP contribution < -0.4 is 5.32 Å². The molecule has 0 unspecified atom stereocenters. The van der Waals surface area contributed by atoms with Gasteiger partial charge >= 0.3 is 0 Å². The Bertz CT molecular complexity index is 976. The third-order valence-corrected chi connectivity index (χ3v) is 7.41. The molecule has 0 aromatic heterocycles. The molecule has 2 aromatic carbocycles. The number of hydrogen-bond acceptors (Lipinski definition) is 3. The van der Waals surface area contributed by atoms with Gasteiger partial charge in [-0.15, -0.1) is 0 Å². The number of aryl methyl sites for hydroxylation is 4. The maximum atomic E-state index is 13.3. The predicted octanol–water partition coefficient (Wildman–Crippen LogP) is 3.96. The van der Waals surface area contributed by atoms with Crippen LogP contribution in [0.2, 0.25) is 0 Å². The van der Waals surface area contributed by atoms with E-state index < -0.39 is 10.0 Å². The average molecular weight is 401 g/mol. The highest BCUT2D eigenvalue weighted by atomic mass is 32.2. The van der Waals surface area contributed by atoms with Crippen molar-refractivity contribution in [3.63, 3.8) is 0 Å². The zero-order valence-electron chi connectivity index (χ0n) is 17.0. The molecule has 6 heteroatoms. The van der Waals surface area contributed by atoms with Crippen molar-refractivity contribution in [1.29, 1.82) is 0 Å². The van der Waals surface area contributed by atoms with E-state index in [0.717, 1.165) is 27.9 Å². The third-order valence-electron chi connectivity index (χ3n) is 5.24. The molecular weight excluding hydrogens is 372 g/mol. The van der Waals surface area contributed by atoms with Crippen molar-refractivity contribution < 1.29 is 13.2 Å². The van der Waals surface area contributed by atoms with Gasteiger partial charge in [-0.05, 0) is 69.4 Å². The van der Waals surface area contributed by atoms with Crippen LogP contribution in [0.15, 0.2) is 41.3 Å². The van der Waals surface area contributed by atoms with Crippen LogP contribution >= 0.6 is 0 Å². The Labute approximate surface area is 167 Å². The zero-order valence-corrected chi connectivity index (χ0v) is 17.8. The van der Waals surface area contributed by atoms with Crippen LogP contribution in [0, 0.1) is 33.6 Å². The Kier molecular flexibility index (Phi) is 5.91. The molecule has 1 fully saturated rings. The third kappa shape index (κ3) is 4.28. The lowest BCUT2D eigenvalue weighted by Crippen LogP contribution is -2.44. The van der Waals surface area contributed by atoms with E-state index >= 15 is 0 Å². The molecule has 1 amide bonds. The van der Waals surface area contributed by atoms with E-state index in [9.17, 15) is 13.2 Å². The lowest BCUT2D eigenvalue weighted by atomic mass is 9.98. The van der Waals surface area contributed by atoms with Crippen LogP contribution in [0.25, 0.3) is 0 Å². The largest absolute Gasteiger partial charge is 0.326 e. The molecule has 0 aliphatic carbocycles. The Balaban J connectivity index is 1.80. The number of benzene rings is 2. The fourth-order valence-electron chi connectivity index (χ4n) is 4.04. The van der Waals surface area contributed by atoms with Gasteiger partial charge in [-0.25, -0.2) is 8.42 Å². The van der Waals surface area contributed by atoms with Crippen molar-refractivity contribution in [3.05, 3.63) is 58.7 Å². The summed E-state index contributed by atoms with van der Waals surface area (Å²) in [6, 6.07) is 11.4.